The summed E-state index contributed by atoms with van der Waals surface area (Å²) in [7, 11) is 12.6. The molecular weight excluding hydrogens is 1130 g/mol. The summed E-state index contributed by atoms with van der Waals surface area (Å²) in [6.07, 6.45) is -1.17. The van der Waals surface area contributed by atoms with E-state index in [1.54, 1.807) is 0 Å². The monoisotopic (exact) mass is 1190 g/mol. The van der Waals surface area contributed by atoms with Gasteiger partial charge in [0.1, 0.15) is 12.2 Å². The number of unbranched alkanes of at least 4 members (excludes halogenated alkanes) is 1. The second-order valence-electron chi connectivity index (χ2n) is 9.59. The van der Waals surface area contributed by atoms with E-state index in [1.807, 2.05) is 6.07 Å². The minimum atomic E-state index is -0.774. The van der Waals surface area contributed by atoms with Crippen LogP contribution in [0.4, 0.5) is 0 Å². The van der Waals surface area contributed by atoms with Gasteiger partial charge in [-0.2, -0.15) is 5.26 Å². The van der Waals surface area contributed by atoms with Crippen LogP contribution in [-0.2, 0) is 37.9 Å². The molecule has 0 aromatic heterocycles. The topological polar surface area (TPSA) is 223 Å². The van der Waals surface area contributed by atoms with Gasteiger partial charge in [-0.15, -0.1) is 0 Å². The fourth-order valence-corrected chi connectivity index (χ4v) is 2.79. The average molecular weight is 1190 g/mol. The standard InChI is InChI=1S/2C11H20NO5.C7H14O4.2Rf/c1-12-4-3-5-16-7-11(14)9-17-8-10(13)6-15-2;1-15-6-10(13)8-17-9-11(14)7-16-5-3-2-4-12;1-10-5-7(3-8,4-9)6-11-2;;/h10-11,13-14H,2-9H2;10-11,13-14H,1-3,5-9H2;8-9H,1-6H2;;/q2*-1;-2;;. The molecule has 0 saturated heterocycles. The molecule has 0 aromatic carbocycles. The van der Waals surface area contributed by atoms with E-state index in [1.165, 1.54) is 0 Å². The molecule has 0 rings (SSSR count). The Morgan fingerprint density at radius 1 is 0.617 bits per heavy atom. The van der Waals surface area contributed by atoms with Crippen molar-refractivity contribution in [2.45, 2.75) is 43.7 Å². The largest absolute Gasteiger partial charge is 0.554 e. The number of aliphatic hydroxyl groups is 6. The van der Waals surface area contributed by atoms with Crippen molar-refractivity contribution < 1.29 is 68.5 Å². The minimum absolute atomic E-state index is 0. The molecule has 4 atom stereocenters. The molecule has 0 amide bonds. The van der Waals surface area contributed by atoms with Crippen molar-refractivity contribution in [1.29, 1.82) is 5.26 Å². The summed E-state index contributed by atoms with van der Waals surface area (Å²) >= 11 is 0. The van der Waals surface area contributed by atoms with Crippen LogP contribution in [0.25, 0.3) is 4.85 Å². The first-order valence-corrected chi connectivity index (χ1v) is 14.1. The second kappa shape index (κ2) is 40.4. The number of aliphatic hydroxyl groups excluding tert-OH is 6. The zero-order chi connectivity index (χ0) is 34.6. The second-order valence-corrected chi connectivity index (χ2v) is 9.59. The molecule has 0 aromatic rings. The van der Waals surface area contributed by atoms with E-state index in [4.69, 9.17) is 41.0 Å². The van der Waals surface area contributed by atoms with Crippen LogP contribution in [-0.4, -0.2) is 154 Å². The van der Waals surface area contributed by atoms with E-state index in [0.29, 0.717) is 39.0 Å². The van der Waals surface area contributed by atoms with Gasteiger partial charge in [-0.3, -0.25) is 0 Å². The third-order valence-corrected chi connectivity index (χ3v) is 5.11. The van der Waals surface area contributed by atoms with Crippen LogP contribution in [0.15, 0.2) is 0 Å². The summed E-state index contributed by atoms with van der Waals surface area (Å²) in [5.41, 5.74) is -0.774. The van der Waals surface area contributed by atoms with Crippen LogP contribution in [0.3, 0.4) is 0 Å². The van der Waals surface area contributed by atoms with Crippen molar-refractivity contribution >= 4 is 0 Å². The summed E-state index contributed by atoms with van der Waals surface area (Å²) in [6, 6.07) is 2.00. The Kier molecular flexibility index (Phi) is 45.5. The number of hydrogen-bond acceptors (Lipinski definition) is 15. The molecule has 0 bridgehead atoms. The summed E-state index contributed by atoms with van der Waals surface area (Å²) in [5.74, 6) is 0. The fourth-order valence-electron chi connectivity index (χ4n) is 2.79. The van der Waals surface area contributed by atoms with Crippen LogP contribution >= 0.6 is 0 Å². The average Bonchev–Trinajstić information content (AvgIpc) is 3.01. The Morgan fingerprint density at radius 3 is 1.30 bits per heavy atom. The van der Waals surface area contributed by atoms with Gasteiger partial charge in [-0.1, -0.05) is 0 Å². The molecule has 0 aliphatic carbocycles. The fraction of sp³-hybridized carbons (Fsp3) is 0.793. The van der Waals surface area contributed by atoms with Gasteiger partial charge in [-0.05, 0) is 6.42 Å². The zero-order valence-electron chi connectivity index (χ0n) is 27.6. The third kappa shape index (κ3) is 38.5. The molecule has 4 unspecified atom stereocenters. The molecule has 0 aliphatic heterocycles. The van der Waals surface area contributed by atoms with E-state index in [0.717, 1.165) is 0 Å². The number of rotatable bonds is 28. The molecule has 0 radical (unpaired) electrons. The molecule has 47 heavy (non-hydrogen) atoms. The van der Waals surface area contributed by atoms with Crippen molar-refractivity contribution in [2.24, 2.45) is 5.41 Å². The summed E-state index contributed by atoms with van der Waals surface area (Å²) in [6.45, 7) is 8.64. The molecule has 0 spiro atoms. The SMILES string of the molecule is [C-]#[N+]CCCOCC(O)COCC(O)CO[CH2-].[CH2-]OCC(CO)(CO)CO[CH2-].[CH2-]OCC(O)COCC(O)COCCCC#N.[Rf].[Rf]. The predicted octanol–water partition coefficient (Wildman–Crippen LogP) is -0.714. The summed E-state index contributed by atoms with van der Waals surface area (Å²) < 4.78 is 38.4. The van der Waals surface area contributed by atoms with Gasteiger partial charge in [0.15, 0.2) is 0 Å². The third-order valence-electron chi connectivity index (χ3n) is 5.11. The molecule has 0 fully saturated rings. The van der Waals surface area contributed by atoms with Gasteiger partial charge < -0.3 is 73.4 Å². The quantitative estimate of drug-likeness (QED) is 0.0421. The number of ether oxygens (including phenoxy) is 8. The van der Waals surface area contributed by atoms with Crippen molar-refractivity contribution in [3.8, 4) is 6.07 Å². The number of nitrogens with zero attached hydrogens (tertiary/aromatic N) is 2. The van der Waals surface area contributed by atoms with E-state index in [9.17, 15) is 20.4 Å². The van der Waals surface area contributed by atoms with Crippen LogP contribution in [0, 0.1) is 51.8 Å². The Labute approximate surface area is 268 Å². The van der Waals surface area contributed by atoms with E-state index in [-0.39, 0.29) is 79.3 Å². The van der Waals surface area contributed by atoms with Gasteiger partial charge in [-0.25, -0.2) is 35.0 Å². The minimum Gasteiger partial charge on any atom is -0.554 e. The van der Waals surface area contributed by atoms with Crippen molar-refractivity contribution in [2.75, 3.05) is 99.0 Å². The Balaban J connectivity index is -0.000000188. The van der Waals surface area contributed by atoms with Gasteiger partial charge in [0.25, 0.3) is 0 Å². The molecule has 16 nitrogen and oxygen atoms in total. The van der Waals surface area contributed by atoms with Crippen LogP contribution in [0.1, 0.15) is 19.3 Å². The molecule has 272 valence electrons. The van der Waals surface area contributed by atoms with Crippen LogP contribution in [0.2, 0.25) is 0 Å². The van der Waals surface area contributed by atoms with Gasteiger partial charge in [0.05, 0.1) is 83.2 Å². The molecule has 0 heterocycles. The Bertz CT molecular complexity index is 636. The smallest absolute Gasteiger partial charge is 0.216 e. The van der Waals surface area contributed by atoms with Gasteiger partial charge in [0, 0.05) is 45.9 Å². The van der Waals surface area contributed by atoms with Crippen molar-refractivity contribution in [3.63, 3.8) is 0 Å². The summed E-state index contributed by atoms with van der Waals surface area (Å²) in [4.78, 5) is 3.18. The Morgan fingerprint density at radius 2 is 0.979 bits per heavy atom. The first-order chi connectivity index (χ1) is 21.6. The molecule has 0 saturated carbocycles. The normalized spacial score (nSPS) is 13.1. The number of nitriles is 1. The van der Waals surface area contributed by atoms with Crippen molar-refractivity contribution in [1.82, 2.24) is 0 Å². The van der Waals surface area contributed by atoms with E-state index >= 15 is 0 Å². The molecule has 0 aliphatic rings. The maximum absolute atomic E-state index is 9.41. The maximum Gasteiger partial charge on any atom is 0.216 e. The van der Waals surface area contributed by atoms with Gasteiger partial charge in [0.2, 0.25) is 6.54 Å². The Hall–Kier alpha value is -3.58. The van der Waals surface area contributed by atoms with E-state index < -0.39 is 29.8 Å². The molecule has 6 N–H and O–H groups in total. The maximum atomic E-state index is 9.41. The zero-order valence-corrected chi connectivity index (χ0v) is 40.4. The van der Waals surface area contributed by atoms with Gasteiger partial charge >= 0.3 is 0 Å². The predicted molar refractivity (Wildman–Crippen MR) is 160 cm³/mol. The van der Waals surface area contributed by atoms with Crippen molar-refractivity contribution in [3.05, 3.63) is 39.9 Å². The first kappa shape index (κ1) is 52.9. The van der Waals surface area contributed by atoms with E-state index in [2.05, 4.69) is 52.2 Å². The summed E-state index contributed by atoms with van der Waals surface area (Å²) in [5, 5.41) is 63.2. The first-order valence-electron chi connectivity index (χ1n) is 14.1. The number of hydrogen-bond donors (Lipinski definition) is 6. The molecular formula is C29H54N2O14Rf2-4. The molecule has 18 heteroatoms. The van der Waals surface area contributed by atoms with Crippen LogP contribution in [0.5, 0.6) is 0 Å². The van der Waals surface area contributed by atoms with Crippen LogP contribution < -0.4 is 0 Å².